The molecule has 0 aromatic heterocycles. The van der Waals surface area contributed by atoms with Gasteiger partial charge in [-0.25, -0.2) is 8.42 Å². The van der Waals surface area contributed by atoms with Crippen molar-refractivity contribution < 1.29 is 13.2 Å². The Bertz CT molecular complexity index is 955. The first-order valence-electron chi connectivity index (χ1n) is 8.32. The van der Waals surface area contributed by atoms with Crippen LogP contribution in [0, 0.1) is 0 Å². The van der Waals surface area contributed by atoms with Gasteiger partial charge >= 0.3 is 0 Å². The Labute approximate surface area is 169 Å². The van der Waals surface area contributed by atoms with Crippen LogP contribution in [0.4, 0.5) is 5.69 Å². The Morgan fingerprint density at radius 2 is 1.78 bits per heavy atom. The summed E-state index contributed by atoms with van der Waals surface area (Å²) in [5.74, 6) is -0.390. The maximum absolute atomic E-state index is 12.6. The smallest absolute Gasteiger partial charge is 0.248 e. The SMILES string of the molecule is CCN(CC)S(=O)(=O)c1cccc(NC(=O)/C=C/c2ccc(Cl)c(Cl)c2)c1. The fourth-order valence-electron chi connectivity index (χ4n) is 2.42. The summed E-state index contributed by atoms with van der Waals surface area (Å²) in [5, 5.41) is 3.49. The molecular weight excluding hydrogens is 407 g/mol. The summed E-state index contributed by atoms with van der Waals surface area (Å²) in [7, 11) is -3.59. The van der Waals surface area contributed by atoms with Crippen LogP contribution in [-0.4, -0.2) is 31.7 Å². The van der Waals surface area contributed by atoms with Gasteiger partial charge in [0, 0.05) is 24.9 Å². The number of nitrogens with one attached hydrogen (secondary N) is 1. The lowest BCUT2D eigenvalue weighted by Crippen LogP contribution is -2.30. The first kappa shape index (κ1) is 21.4. The summed E-state index contributed by atoms with van der Waals surface area (Å²) in [6.45, 7) is 4.31. The zero-order valence-electron chi connectivity index (χ0n) is 14.9. The second-order valence-electron chi connectivity index (χ2n) is 5.61. The Kier molecular flexibility index (Phi) is 7.44. The molecule has 2 aromatic carbocycles. The molecule has 0 aliphatic rings. The molecule has 1 N–H and O–H groups in total. The fraction of sp³-hybridized carbons (Fsp3) is 0.211. The number of anilines is 1. The minimum absolute atomic E-state index is 0.137. The van der Waals surface area contributed by atoms with Crippen molar-refractivity contribution in [1.82, 2.24) is 4.31 Å². The Morgan fingerprint density at radius 1 is 1.07 bits per heavy atom. The molecule has 0 spiro atoms. The van der Waals surface area contributed by atoms with Gasteiger partial charge in [-0.3, -0.25) is 4.79 Å². The average Bonchev–Trinajstić information content (AvgIpc) is 2.64. The van der Waals surface area contributed by atoms with Crippen molar-refractivity contribution >= 4 is 50.9 Å². The van der Waals surface area contributed by atoms with Gasteiger partial charge in [0.25, 0.3) is 0 Å². The summed E-state index contributed by atoms with van der Waals surface area (Å²) in [6, 6.07) is 11.2. The van der Waals surface area contributed by atoms with E-state index in [4.69, 9.17) is 23.2 Å². The molecule has 0 bridgehead atoms. The third-order valence-corrected chi connectivity index (χ3v) is 6.60. The van der Waals surface area contributed by atoms with Crippen molar-refractivity contribution in [2.75, 3.05) is 18.4 Å². The molecule has 0 aliphatic carbocycles. The predicted octanol–water partition coefficient (Wildman–Crippen LogP) is 4.68. The highest BCUT2D eigenvalue weighted by molar-refractivity contribution is 7.89. The van der Waals surface area contributed by atoms with E-state index in [0.29, 0.717) is 28.8 Å². The van der Waals surface area contributed by atoms with Crippen molar-refractivity contribution in [2.24, 2.45) is 0 Å². The van der Waals surface area contributed by atoms with Gasteiger partial charge < -0.3 is 5.32 Å². The van der Waals surface area contributed by atoms with E-state index >= 15 is 0 Å². The van der Waals surface area contributed by atoms with E-state index in [1.807, 2.05) is 0 Å². The van der Waals surface area contributed by atoms with Crippen molar-refractivity contribution in [3.63, 3.8) is 0 Å². The van der Waals surface area contributed by atoms with Crippen molar-refractivity contribution in [1.29, 1.82) is 0 Å². The van der Waals surface area contributed by atoms with Crippen LogP contribution in [0.15, 0.2) is 53.4 Å². The maximum Gasteiger partial charge on any atom is 0.248 e. The molecule has 2 rings (SSSR count). The normalized spacial score (nSPS) is 11.9. The van der Waals surface area contributed by atoms with Crippen molar-refractivity contribution in [3.05, 3.63) is 64.1 Å². The predicted molar refractivity (Wildman–Crippen MR) is 111 cm³/mol. The minimum Gasteiger partial charge on any atom is -0.322 e. The Morgan fingerprint density at radius 3 is 2.41 bits per heavy atom. The van der Waals surface area contributed by atoms with Crippen LogP contribution < -0.4 is 5.32 Å². The lowest BCUT2D eigenvalue weighted by molar-refractivity contribution is -0.111. The van der Waals surface area contributed by atoms with Gasteiger partial charge in [-0.2, -0.15) is 4.31 Å². The van der Waals surface area contributed by atoms with Crippen LogP contribution in [0.25, 0.3) is 6.08 Å². The third-order valence-electron chi connectivity index (χ3n) is 3.82. The molecule has 1 amide bonds. The van der Waals surface area contributed by atoms with E-state index in [-0.39, 0.29) is 4.90 Å². The highest BCUT2D eigenvalue weighted by Crippen LogP contribution is 2.23. The Balaban J connectivity index is 2.14. The highest BCUT2D eigenvalue weighted by atomic mass is 35.5. The maximum atomic E-state index is 12.6. The number of benzene rings is 2. The summed E-state index contributed by atoms with van der Waals surface area (Å²) < 4.78 is 26.5. The molecule has 0 aliphatic heterocycles. The lowest BCUT2D eigenvalue weighted by atomic mass is 10.2. The molecular formula is C19H20Cl2N2O3S. The van der Waals surface area contributed by atoms with Gasteiger partial charge in [0.15, 0.2) is 0 Å². The second kappa shape index (κ2) is 9.37. The molecule has 27 heavy (non-hydrogen) atoms. The number of carbonyl (C=O) groups excluding carboxylic acids is 1. The molecule has 0 unspecified atom stereocenters. The molecule has 0 heterocycles. The number of hydrogen-bond donors (Lipinski definition) is 1. The fourth-order valence-corrected chi connectivity index (χ4v) is 4.23. The summed E-state index contributed by atoms with van der Waals surface area (Å²) in [6.07, 6.45) is 2.93. The van der Waals surface area contributed by atoms with E-state index in [9.17, 15) is 13.2 Å². The average molecular weight is 427 g/mol. The monoisotopic (exact) mass is 426 g/mol. The number of hydrogen-bond acceptors (Lipinski definition) is 3. The molecule has 0 saturated heterocycles. The van der Waals surface area contributed by atoms with Gasteiger partial charge in [0.1, 0.15) is 0 Å². The van der Waals surface area contributed by atoms with Crippen LogP contribution in [0.3, 0.4) is 0 Å². The number of carbonyl (C=O) groups is 1. The van der Waals surface area contributed by atoms with E-state index in [1.54, 1.807) is 50.3 Å². The van der Waals surface area contributed by atoms with Gasteiger partial charge in [0.05, 0.1) is 14.9 Å². The molecule has 0 radical (unpaired) electrons. The molecule has 0 fully saturated rings. The van der Waals surface area contributed by atoms with Crippen LogP contribution in [0.2, 0.25) is 10.0 Å². The zero-order valence-corrected chi connectivity index (χ0v) is 17.3. The highest BCUT2D eigenvalue weighted by Gasteiger charge is 2.21. The molecule has 5 nitrogen and oxygen atoms in total. The van der Waals surface area contributed by atoms with Crippen molar-refractivity contribution in [2.45, 2.75) is 18.7 Å². The standard InChI is InChI=1S/C19H20Cl2N2O3S/c1-3-23(4-2)27(25,26)16-7-5-6-15(13-16)22-19(24)11-9-14-8-10-17(20)18(21)12-14/h5-13H,3-4H2,1-2H3,(H,22,24)/b11-9+. The van der Waals surface area contributed by atoms with Crippen LogP contribution in [0.1, 0.15) is 19.4 Å². The van der Waals surface area contributed by atoms with E-state index in [1.165, 1.54) is 22.5 Å². The summed E-state index contributed by atoms with van der Waals surface area (Å²) >= 11 is 11.8. The number of rotatable bonds is 7. The van der Waals surface area contributed by atoms with E-state index in [0.717, 1.165) is 5.56 Å². The van der Waals surface area contributed by atoms with Gasteiger partial charge in [0.2, 0.25) is 15.9 Å². The zero-order chi connectivity index (χ0) is 20.0. The van der Waals surface area contributed by atoms with Crippen molar-refractivity contribution in [3.8, 4) is 0 Å². The lowest BCUT2D eigenvalue weighted by Gasteiger charge is -2.18. The Hall–Kier alpha value is -1.86. The first-order chi connectivity index (χ1) is 12.8. The van der Waals surface area contributed by atoms with Gasteiger partial charge in [-0.15, -0.1) is 0 Å². The molecule has 0 atom stereocenters. The summed E-state index contributed by atoms with van der Waals surface area (Å²) in [4.78, 5) is 12.3. The van der Waals surface area contributed by atoms with E-state index < -0.39 is 15.9 Å². The van der Waals surface area contributed by atoms with Gasteiger partial charge in [-0.05, 0) is 42.0 Å². The minimum atomic E-state index is -3.59. The number of halogens is 2. The van der Waals surface area contributed by atoms with E-state index in [2.05, 4.69) is 5.32 Å². The van der Waals surface area contributed by atoms with Gasteiger partial charge in [-0.1, -0.05) is 49.2 Å². The molecule has 0 saturated carbocycles. The largest absolute Gasteiger partial charge is 0.322 e. The number of nitrogens with zero attached hydrogens (tertiary/aromatic N) is 1. The molecule has 144 valence electrons. The quantitative estimate of drug-likeness (QED) is 0.653. The second-order valence-corrected chi connectivity index (χ2v) is 8.37. The first-order valence-corrected chi connectivity index (χ1v) is 10.5. The summed E-state index contributed by atoms with van der Waals surface area (Å²) in [5.41, 5.74) is 1.12. The molecule has 8 heteroatoms. The number of amides is 1. The molecule has 2 aromatic rings. The van der Waals surface area contributed by atoms with Crippen LogP contribution in [0.5, 0.6) is 0 Å². The van der Waals surface area contributed by atoms with Crippen LogP contribution >= 0.6 is 23.2 Å². The topological polar surface area (TPSA) is 66.5 Å². The third kappa shape index (κ3) is 5.56. The van der Waals surface area contributed by atoms with Crippen LogP contribution in [-0.2, 0) is 14.8 Å². The number of sulfonamides is 1.